The summed E-state index contributed by atoms with van der Waals surface area (Å²) in [6.07, 6.45) is 13.1. The lowest BCUT2D eigenvalue weighted by molar-refractivity contribution is -0.139. The Morgan fingerprint density at radius 1 is 0.625 bits per heavy atom. The second-order valence-corrected chi connectivity index (χ2v) is 19.9. The topological polar surface area (TPSA) is 158 Å². The molecule has 0 spiro atoms. The molecule has 0 aromatic heterocycles. The Hall–Kier alpha value is -4.13. The van der Waals surface area contributed by atoms with Gasteiger partial charge >= 0.3 is 0 Å². The summed E-state index contributed by atoms with van der Waals surface area (Å²) in [6, 6.07) is 16.1. The average Bonchev–Trinajstić information content (AvgIpc) is 4.03. The van der Waals surface area contributed by atoms with Crippen molar-refractivity contribution in [1.82, 2.24) is 26.2 Å². The fraction of sp³-hybridized carbons (Fsp3) is 0.673. The number of rotatable bonds is 21. The van der Waals surface area contributed by atoms with E-state index >= 15 is 0 Å². The summed E-state index contributed by atoms with van der Waals surface area (Å²) in [5, 5.41) is 12.5. The first-order valence-corrected chi connectivity index (χ1v) is 24.6. The van der Waals surface area contributed by atoms with Gasteiger partial charge in [0.05, 0.1) is 31.8 Å². The molecule has 2 aromatic carbocycles. The number of nitrogens with zero attached hydrogens (tertiary/aromatic N) is 1. The summed E-state index contributed by atoms with van der Waals surface area (Å²) in [5.74, 6) is -1.26. The van der Waals surface area contributed by atoms with Crippen LogP contribution < -0.4 is 21.3 Å². The Balaban J connectivity index is 1.40. The minimum absolute atomic E-state index is 0.0181. The monoisotopic (exact) mass is 886 g/mol. The van der Waals surface area contributed by atoms with Gasteiger partial charge in [-0.15, -0.1) is 0 Å². The lowest BCUT2D eigenvalue weighted by Crippen LogP contribution is -2.61. The molecule has 3 aliphatic rings. The predicted molar refractivity (Wildman–Crippen MR) is 251 cm³/mol. The number of Topliss-reactive ketones (excluding diaryl/α,β-unsaturated/α-hetero) is 1. The molecule has 5 atom stereocenters. The van der Waals surface area contributed by atoms with Gasteiger partial charge in [-0.2, -0.15) is 0 Å². The van der Waals surface area contributed by atoms with E-state index in [1.807, 2.05) is 86.3 Å². The van der Waals surface area contributed by atoms with E-state index in [2.05, 4.69) is 35.1 Å². The lowest BCUT2D eigenvalue weighted by Gasteiger charge is -2.43. The number of morpholine rings is 1. The summed E-state index contributed by atoms with van der Waals surface area (Å²) in [4.78, 5) is 74.2. The van der Waals surface area contributed by atoms with Crippen molar-refractivity contribution < 1.29 is 33.4 Å². The molecule has 12 nitrogen and oxygen atoms in total. The summed E-state index contributed by atoms with van der Waals surface area (Å²) < 4.78 is 11.3. The SMILES string of the molecule is CC(C)C[C@H](NC(=O)[C@H](CCc1ccccc1)NC(=O)CN1CCOCC1)C(=O)N[C@@H](Cc1ccccc1)C(=O)N[C@@H](CC(C)C)C1(C(=O)[C@@]2(C)CO2)CCCCCCCCCCC1. The molecule has 1 aliphatic carbocycles. The third-order valence-corrected chi connectivity index (χ3v) is 13.4. The molecular weight excluding hydrogens is 807 g/mol. The quantitative estimate of drug-likeness (QED) is 0.0990. The van der Waals surface area contributed by atoms with E-state index in [1.165, 1.54) is 19.3 Å². The Labute approximate surface area is 383 Å². The van der Waals surface area contributed by atoms with Crippen LogP contribution in [0.5, 0.6) is 0 Å². The molecule has 4 N–H and O–H groups in total. The standard InChI is InChI=1S/C52H79N5O7/c1-38(2)33-43(54-47(59)42(26-25-40-21-15-13-16-22-40)53-46(58)36-57-29-31-63-32-30-57)48(60)55-44(35-41-23-17-14-18-24-41)49(61)56-45(34-39(3)4)52(50(62)51(5)37-64-51)27-19-11-9-7-6-8-10-12-20-28-52/h13-18,21-24,38-39,42-45H,6-12,19-20,25-37H2,1-5H3,(H,53,58)(H,54,59)(H,55,60)(H,56,61)/t42-,43-,44-,45-,51+/m0/s1. The van der Waals surface area contributed by atoms with Gasteiger partial charge in [-0.1, -0.05) is 146 Å². The second-order valence-electron chi connectivity index (χ2n) is 19.9. The van der Waals surface area contributed by atoms with Crippen LogP contribution in [0.25, 0.3) is 0 Å². The van der Waals surface area contributed by atoms with E-state index in [0.717, 1.165) is 49.7 Å². The molecule has 0 bridgehead atoms. The molecule has 1 saturated carbocycles. The van der Waals surface area contributed by atoms with Crippen LogP contribution in [-0.4, -0.2) is 104 Å². The smallest absolute Gasteiger partial charge is 0.243 e. The number of hydrogen-bond acceptors (Lipinski definition) is 8. The van der Waals surface area contributed by atoms with Crippen LogP contribution in [-0.2, 0) is 46.3 Å². The maximum Gasteiger partial charge on any atom is 0.243 e. The van der Waals surface area contributed by atoms with Crippen LogP contribution in [0.15, 0.2) is 60.7 Å². The van der Waals surface area contributed by atoms with Gasteiger partial charge in [-0.25, -0.2) is 0 Å². The van der Waals surface area contributed by atoms with Crippen LogP contribution in [0.1, 0.15) is 136 Å². The van der Waals surface area contributed by atoms with E-state index in [1.54, 1.807) is 0 Å². The number of ketones is 1. The number of carbonyl (C=O) groups excluding carboxylic acids is 5. The second kappa shape index (κ2) is 25.5. The van der Waals surface area contributed by atoms with Gasteiger partial charge in [0, 0.05) is 25.6 Å². The molecule has 3 fully saturated rings. The van der Waals surface area contributed by atoms with Crippen LogP contribution in [0.4, 0.5) is 0 Å². The van der Waals surface area contributed by atoms with Crippen LogP contribution in [0.3, 0.4) is 0 Å². The van der Waals surface area contributed by atoms with Gasteiger partial charge in [0.15, 0.2) is 5.78 Å². The normalized spacial score (nSPS) is 21.5. The van der Waals surface area contributed by atoms with Gasteiger partial charge in [-0.3, -0.25) is 28.9 Å². The molecule has 354 valence electrons. The minimum atomic E-state index is -0.996. The van der Waals surface area contributed by atoms with Gasteiger partial charge < -0.3 is 30.7 Å². The number of benzene rings is 2. The van der Waals surface area contributed by atoms with Gasteiger partial charge in [0.25, 0.3) is 0 Å². The highest BCUT2D eigenvalue weighted by Gasteiger charge is 2.58. The third-order valence-electron chi connectivity index (χ3n) is 13.4. The highest BCUT2D eigenvalue weighted by molar-refractivity contribution is 5.97. The zero-order valence-corrected chi connectivity index (χ0v) is 39.6. The number of amides is 4. The van der Waals surface area contributed by atoms with Crippen LogP contribution in [0.2, 0.25) is 0 Å². The summed E-state index contributed by atoms with van der Waals surface area (Å²) in [5.41, 5.74) is 0.217. The van der Waals surface area contributed by atoms with Crippen molar-refractivity contribution in [1.29, 1.82) is 0 Å². The number of carbonyl (C=O) groups is 5. The fourth-order valence-electron chi connectivity index (χ4n) is 9.64. The molecule has 64 heavy (non-hydrogen) atoms. The molecule has 2 aliphatic heterocycles. The van der Waals surface area contributed by atoms with Gasteiger partial charge in [0.2, 0.25) is 23.6 Å². The van der Waals surface area contributed by atoms with Crippen LogP contribution >= 0.6 is 0 Å². The zero-order chi connectivity index (χ0) is 46.0. The van der Waals surface area contributed by atoms with Gasteiger partial charge in [-0.05, 0) is 68.4 Å². The zero-order valence-electron chi connectivity index (χ0n) is 39.6. The maximum atomic E-state index is 15.0. The Kier molecular flexibility index (Phi) is 20.3. The first-order valence-electron chi connectivity index (χ1n) is 24.6. The van der Waals surface area contributed by atoms with E-state index in [4.69, 9.17) is 9.47 Å². The molecule has 0 radical (unpaired) electrons. The van der Waals surface area contributed by atoms with Crippen molar-refractivity contribution in [2.45, 2.75) is 167 Å². The van der Waals surface area contributed by atoms with Crippen molar-refractivity contribution in [3.8, 4) is 0 Å². The highest BCUT2D eigenvalue weighted by atomic mass is 16.6. The summed E-state index contributed by atoms with van der Waals surface area (Å²) >= 11 is 0. The number of epoxide rings is 1. The first kappa shape index (κ1) is 50.9. The van der Waals surface area contributed by atoms with E-state index in [9.17, 15) is 24.0 Å². The maximum absolute atomic E-state index is 15.0. The van der Waals surface area contributed by atoms with E-state index < -0.39 is 47.0 Å². The Morgan fingerprint density at radius 2 is 1.12 bits per heavy atom. The van der Waals surface area contributed by atoms with Crippen LogP contribution in [0, 0.1) is 17.3 Å². The molecule has 2 aromatic rings. The van der Waals surface area contributed by atoms with Crippen molar-refractivity contribution >= 4 is 29.4 Å². The third kappa shape index (κ3) is 16.1. The van der Waals surface area contributed by atoms with Gasteiger partial charge in [0.1, 0.15) is 23.7 Å². The minimum Gasteiger partial charge on any atom is -0.379 e. The lowest BCUT2D eigenvalue weighted by atomic mass is 9.64. The van der Waals surface area contributed by atoms with Crippen molar-refractivity contribution in [2.75, 3.05) is 39.5 Å². The molecule has 0 unspecified atom stereocenters. The average molecular weight is 886 g/mol. The van der Waals surface area contributed by atoms with Crippen molar-refractivity contribution in [3.63, 3.8) is 0 Å². The Morgan fingerprint density at radius 3 is 1.67 bits per heavy atom. The Bertz CT molecular complexity index is 1750. The van der Waals surface area contributed by atoms with E-state index in [-0.39, 0.29) is 42.4 Å². The molecule has 4 amide bonds. The number of nitrogens with one attached hydrogen (secondary N) is 4. The molecule has 5 rings (SSSR count). The predicted octanol–water partition coefficient (Wildman–Crippen LogP) is 6.87. The molecule has 2 heterocycles. The molecule has 2 saturated heterocycles. The molecular formula is C52H79N5O7. The van der Waals surface area contributed by atoms with Crippen molar-refractivity contribution in [3.05, 3.63) is 71.8 Å². The largest absolute Gasteiger partial charge is 0.379 e. The number of hydrogen-bond donors (Lipinski definition) is 4. The number of aryl methyl sites for hydroxylation is 1. The first-order chi connectivity index (χ1) is 30.8. The van der Waals surface area contributed by atoms with Crippen molar-refractivity contribution in [2.24, 2.45) is 17.3 Å². The summed E-state index contributed by atoms with van der Waals surface area (Å²) in [6.45, 7) is 13.0. The highest BCUT2D eigenvalue weighted by Crippen LogP contribution is 2.46. The number of ether oxygens (including phenoxy) is 2. The molecule has 12 heteroatoms. The van der Waals surface area contributed by atoms with E-state index in [0.29, 0.717) is 71.4 Å². The fourth-order valence-corrected chi connectivity index (χ4v) is 9.64. The summed E-state index contributed by atoms with van der Waals surface area (Å²) in [7, 11) is 0.